The van der Waals surface area contributed by atoms with Gasteiger partial charge in [-0.2, -0.15) is 10.4 Å². The zero-order valence-electron chi connectivity index (χ0n) is 11.4. The molecule has 2 unspecified atom stereocenters. The van der Waals surface area contributed by atoms with E-state index in [4.69, 9.17) is 0 Å². The van der Waals surface area contributed by atoms with E-state index in [1.54, 1.807) is 6.33 Å². The van der Waals surface area contributed by atoms with E-state index in [2.05, 4.69) is 30.0 Å². The highest BCUT2D eigenvalue weighted by Crippen LogP contribution is 2.42. The smallest absolute Gasteiger partial charge is 0.138 e. The Morgan fingerprint density at radius 3 is 3.06 bits per heavy atom. The summed E-state index contributed by atoms with van der Waals surface area (Å²) in [7, 11) is 0. The average Bonchev–Trinajstić information content (AvgIpc) is 2.86. The molecule has 1 aliphatic rings. The summed E-state index contributed by atoms with van der Waals surface area (Å²) >= 11 is 0. The van der Waals surface area contributed by atoms with E-state index in [0.717, 1.165) is 31.6 Å². The largest absolute Gasteiger partial charge is 0.250 e. The van der Waals surface area contributed by atoms with Gasteiger partial charge in [0.2, 0.25) is 0 Å². The summed E-state index contributed by atoms with van der Waals surface area (Å²) in [5.41, 5.74) is -0.209. The monoisotopic (exact) mass is 246 g/mol. The molecular weight excluding hydrogens is 224 g/mol. The molecule has 0 aromatic carbocycles. The Kier molecular flexibility index (Phi) is 4.00. The minimum Gasteiger partial charge on any atom is -0.250 e. The van der Waals surface area contributed by atoms with Crippen LogP contribution >= 0.6 is 0 Å². The molecule has 1 saturated carbocycles. The molecule has 0 N–H and O–H groups in total. The maximum atomic E-state index is 9.61. The van der Waals surface area contributed by atoms with Crippen LogP contribution in [0.25, 0.3) is 0 Å². The van der Waals surface area contributed by atoms with Gasteiger partial charge in [-0.15, -0.1) is 0 Å². The Labute approximate surface area is 109 Å². The number of nitriles is 1. The highest BCUT2D eigenvalue weighted by atomic mass is 15.3. The van der Waals surface area contributed by atoms with Crippen molar-refractivity contribution in [1.29, 1.82) is 5.26 Å². The van der Waals surface area contributed by atoms with Gasteiger partial charge in [-0.25, -0.2) is 4.98 Å². The van der Waals surface area contributed by atoms with Crippen molar-refractivity contribution < 1.29 is 0 Å². The molecule has 2 atom stereocenters. The second-order valence-corrected chi connectivity index (χ2v) is 5.43. The molecule has 1 aromatic heterocycles. The standard InChI is InChI=1S/C14H22N4/c1-3-12-6-5-7-14(8-12,10-15)9-13-16-11-17-18(13)4-2/h11-12H,3-9H2,1-2H3. The molecule has 0 spiro atoms. The van der Waals surface area contributed by atoms with Crippen LogP contribution in [0.4, 0.5) is 0 Å². The van der Waals surface area contributed by atoms with E-state index in [-0.39, 0.29) is 5.41 Å². The third-order valence-corrected chi connectivity index (χ3v) is 4.25. The van der Waals surface area contributed by atoms with E-state index in [9.17, 15) is 5.26 Å². The van der Waals surface area contributed by atoms with Gasteiger partial charge in [0.25, 0.3) is 0 Å². The number of hydrogen-bond acceptors (Lipinski definition) is 3. The second-order valence-electron chi connectivity index (χ2n) is 5.43. The zero-order valence-corrected chi connectivity index (χ0v) is 11.4. The lowest BCUT2D eigenvalue weighted by Crippen LogP contribution is -2.30. The fourth-order valence-electron chi connectivity index (χ4n) is 3.13. The van der Waals surface area contributed by atoms with Crippen molar-refractivity contribution in [2.45, 2.75) is 58.9 Å². The normalized spacial score (nSPS) is 27.9. The van der Waals surface area contributed by atoms with Crippen molar-refractivity contribution in [2.24, 2.45) is 11.3 Å². The van der Waals surface area contributed by atoms with E-state index in [1.165, 1.54) is 19.3 Å². The molecule has 1 heterocycles. The van der Waals surface area contributed by atoms with Gasteiger partial charge in [0.15, 0.2) is 0 Å². The number of rotatable bonds is 4. The van der Waals surface area contributed by atoms with Crippen LogP contribution in [0.2, 0.25) is 0 Å². The topological polar surface area (TPSA) is 54.5 Å². The molecule has 0 amide bonds. The van der Waals surface area contributed by atoms with Gasteiger partial charge in [0.1, 0.15) is 12.2 Å². The summed E-state index contributed by atoms with van der Waals surface area (Å²) in [6, 6.07) is 2.59. The summed E-state index contributed by atoms with van der Waals surface area (Å²) in [4.78, 5) is 4.33. The molecule has 4 nitrogen and oxygen atoms in total. The fourth-order valence-corrected chi connectivity index (χ4v) is 3.13. The predicted molar refractivity (Wildman–Crippen MR) is 69.7 cm³/mol. The Morgan fingerprint density at radius 1 is 1.56 bits per heavy atom. The molecule has 0 bridgehead atoms. The van der Waals surface area contributed by atoms with Crippen LogP contribution in [0.5, 0.6) is 0 Å². The van der Waals surface area contributed by atoms with Gasteiger partial charge in [-0.3, -0.25) is 4.68 Å². The van der Waals surface area contributed by atoms with E-state index in [1.807, 2.05) is 4.68 Å². The first kappa shape index (κ1) is 13.1. The lowest BCUT2D eigenvalue weighted by Gasteiger charge is -2.35. The first-order valence-corrected chi connectivity index (χ1v) is 7.01. The van der Waals surface area contributed by atoms with Crippen LogP contribution in [0.1, 0.15) is 51.8 Å². The molecule has 1 aliphatic carbocycles. The number of hydrogen-bond donors (Lipinski definition) is 0. The first-order valence-electron chi connectivity index (χ1n) is 7.01. The molecule has 0 radical (unpaired) electrons. The van der Waals surface area contributed by atoms with Crippen LogP contribution in [0, 0.1) is 22.7 Å². The van der Waals surface area contributed by atoms with Crippen molar-refractivity contribution in [3.05, 3.63) is 12.2 Å². The molecule has 0 saturated heterocycles. The molecule has 0 aliphatic heterocycles. The van der Waals surface area contributed by atoms with Crippen LogP contribution in [0.3, 0.4) is 0 Å². The molecule has 18 heavy (non-hydrogen) atoms. The molecule has 4 heteroatoms. The van der Waals surface area contributed by atoms with Gasteiger partial charge in [0, 0.05) is 13.0 Å². The maximum Gasteiger partial charge on any atom is 0.138 e. The fraction of sp³-hybridized carbons (Fsp3) is 0.786. The number of nitrogens with zero attached hydrogens (tertiary/aromatic N) is 4. The summed E-state index contributed by atoms with van der Waals surface area (Å²) in [6.07, 6.45) is 8.03. The highest BCUT2D eigenvalue weighted by Gasteiger charge is 2.37. The molecule has 1 fully saturated rings. The molecule has 1 aromatic rings. The Balaban J connectivity index is 2.16. The maximum absolute atomic E-state index is 9.61. The van der Waals surface area contributed by atoms with Crippen LogP contribution in [-0.4, -0.2) is 14.8 Å². The zero-order chi connectivity index (χ0) is 13.0. The second kappa shape index (κ2) is 5.51. The van der Waals surface area contributed by atoms with Gasteiger partial charge in [-0.1, -0.05) is 26.2 Å². The summed E-state index contributed by atoms with van der Waals surface area (Å²) < 4.78 is 1.91. The van der Waals surface area contributed by atoms with Gasteiger partial charge < -0.3 is 0 Å². The third-order valence-electron chi connectivity index (χ3n) is 4.25. The van der Waals surface area contributed by atoms with E-state index >= 15 is 0 Å². The lowest BCUT2D eigenvalue weighted by atomic mass is 9.68. The first-order chi connectivity index (χ1) is 8.73. The van der Waals surface area contributed by atoms with Gasteiger partial charge >= 0.3 is 0 Å². The third kappa shape index (κ3) is 2.55. The van der Waals surface area contributed by atoms with Gasteiger partial charge in [-0.05, 0) is 25.7 Å². The van der Waals surface area contributed by atoms with Crippen molar-refractivity contribution in [3.63, 3.8) is 0 Å². The average molecular weight is 246 g/mol. The minimum absolute atomic E-state index is 0.209. The number of aryl methyl sites for hydroxylation is 1. The minimum atomic E-state index is -0.209. The molecular formula is C14H22N4. The van der Waals surface area contributed by atoms with E-state index in [0.29, 0.717) is 5.92 Å². The van der Waals surface area contributed by atoms with Crippen molar-refractivity contribution in [1.82, 2.24) is 14.8 Å². The van der Waals surface area contributed by atoms with Crippen LogP contribution in [0.15, 0.2) is 6.33 Å². The van der Waals surface area contributed by atoms with Gasteiger partial charge in [0.05, 0.1) is 11.5 Å². The van der Waals surface area contributed by atoms with Crippen LogP contribution < -0.4 is 0 Å². The predicted octanol–water partition coefficient (Wildman–Crippen LogP) is 2.95. The van der Waals surface area contributed by atoms with Crippen LogP contribution in [-0.2, 0) is 13.0 Å². The highest BCUT2D eigenvalue weighted by molar-refractivity contribution is 5.07. The van der Waals surface area contributed by atoms with E-state index < -0.39 is 0 Å². The Morgan fingerprint density at radius 2 is 2.39 bits per heavy atom. The summed E-state index contributed by atoms with van der Waals surface area (Å²) in [6.45, 7) is 5.12. The molecule has 2 rings (SSSR count). The quantitative estimate of drug-likeness (QED) is 0.820. The number of aromatic nitrogens is 3. The van der Waals surface area contributed by atoms with Crippen molar-refractivity contribution in [3.8, 4) is 6.07 Å². The summed E-state index contributed by atoms with van der Waals surface area (Å²) in [5, 5.41) is 13.8. The lowest BCUT2D eigenvalue weighted by molar-refractivity contribution is 0.189. The van der Waals surface area contributed by atoms with Crippen molar-refractivity contribution in [2.75, 3.05) is 0 Å². The summed E-state index contributed by atoms with van der Waals surface area (Å²) in [5.74, 6) is 1.67. The SMILES string of the molecule is CCC1CCCC(C#N)(Cc2ncnn2CC)C1. The Hall–Kier alpha value is -1.37. The van der Waals surface area contributed by atoms with Crippen molar-refractivity contribution >= 4 is 0 Å². The molecule has 98 valence electrons. The Bertz CT molecular complexity index is 431.